The Morgan fingerprint density at radius 1 is 1.12 bits per heavy atom. The Labute approximate surface area is 153 Å². The van der Waals surface area contributed by atoms with E-state index < -0.39 is 0 Å². The van der Waals surface area contributed by atoms with Crippen LogP contribution in [0.15, 0.2) is 46.9 Å². The van der Waals surface area contributed by atoms with Crippen LogP contribution in [0.4, 0.5) is 5.82 Å². The van der Waals surface area contributed by atoms with Crippen LogP contribution in [-0.2, 0) is 17.5 Å². The Morgan fingerprint density at radius 2 is 1.88 bits per heavy atom. The zero-order chi connectivity index (χ0) is 18.3. The van der Waals surface area contributed by atoms with Gasteiger partial charge >= 0.3 is 0 Å². The molecular formula is C20H20BN3O2. The van der Waals surface area contributed by atoms with E-state index >= 15 is 0 Å². The number of benzene rings is 1. The van der Waals surface area contributed by atoms with Crippen molar-refractivity contribution in [1.29, 1.82) is 0 Å². The van der Waals surface area contributed by atoms with Crippen LogP contribution in [0.5, 0.6) is 0 Å². The van der Waals surface area contributed by atoms with E-state index in [2.05, 4.69) is 23.9 Å². The summed E-state index contributed by atoms with van der Waals surface area (Å²) in [4.78, 5) is 23.8. The van der Waals surface area contributed by atoms with E-state index in [0.29, 0.717) is 18.0 Å². The van der Waals surface area contributed by atoms with Crippen molar-refractivity contribution in [3.05, 3.63) is 65.0 Å². The maximum absolute atomic E-state index is 12.7. The molecular weight excluding hydrogens is 325 g/mol. The predicted molar refractivity (Wildman–Crippen MR) is 102 cm³/mol. The molecule has 0 bridgehead atoms. The summed E-state index contributed by atoms with van der Waals surface area (Å²) in [6, 6.07) is 14.0. The molecule has 1 aliphatic heterocycles. The Morgan fingerprint density at radius 3 is 2.58 bits per heavy atom. The summed E-state index contributed by atoms with van der Waals surface area (Å²) in [5.41, 5.74) is 2.96. The molecule has 0 saturated heterocycles. The van der Waals surface area contributed by atoms with Crippen molar-refractivity contribution >= 4 is 18.6 Å². The van der Waals surface area contributed by atoms with Gasteiger partial charge in [-0.15, -0.1) is 0 Å². The smallest absolute Gasteiger partial charge is 0.267 e. The number of hydrogen-bond donors (Lipinski definition) is 0. The molecule has 0 atom stereocenters. The van der Waals surface area contributed by atoms with E-state index in [-0.39, 0.29) is 12.8 Å². The lowest BCUT2D eigenvalue weighted by Crippen LogP contribution is -2.41. The number of anilines is 1. The normalized spacial score (nSPS) is 13.2. The highest BCUT2D eigenvalue weighted by molar-refractivity contribution is 6.66. The number of nitrogens with zero attached hydrogens (tertiary/aromatic N) is 3. The number of furan rings is 1. The lowest BCUT2D eigenvalue weighted by Gasteiger charge is -2.22. The van der Waals surface area contributed by atoms with Gasteiger partial charge in [0.2, 0.25) is 5.91 Å². The van der Waals surface area contributed by atoms with Crippen LogP contribution in [0.2, 0.25) is 6.82 Å². The van der Waals surface area contributed by atoms with Crippen molar-refractivity contribution in [2.24, 2.45) is 0 Å². The lowest BCUT2D eigenvalue weighted by atomic mass is 9.58. The molecule has 4 rings (SSSR count). The first-order valence-electron chi connectivity index (χ1n) is 8.83. The van der Waals surface area contributed by atoms with Crippen molar-refractivity contribution in [2.45, 2.75) is 33.4 Å². The van der Waals surface area contributed by atoms with Gasteiger partial charge < -0.3 is 9.23 Å². The third kappa shape index (κ3) is 2.92. The molecule has 0 saturated carbocycles. The van der Waals surface area contributed by atoms with Crippen molar-refractivity contribution in [2.75, 3.05) is 4.81 Å². The number of aromatic nitrogens is 2. The van der Waals surface area contributed by atoms with Gasteiger partial charge in [-0.2, -0.15) is 0 Å². The van der Waals surface area contributed by atoms with Gasteiger partial charge in [0.15, 0.2) is 11.6 Å². The summed E-state index contributed by atoms with van der Waals surface area (Å²) in [6.07, 6.45) is 1.14. The van der Waals surface area contributed by atoms with E-state index in [1.54, 1.807) is 0 Å². The SMILES string of the molecule is CB(Cc1ccccc1)N1C(=O)Cc2c(C)nc(-c3ccc(C)o3)nc21. The average molecular weight is 345 g/mol. The standard InChI is InChI=1S/C20H20BN3O2/c1-13-9-10-17(26-13)19-22-14(2)16-11-18(25)24(20(16)23-19)21(3)12-15-7-5-4-6-8-15/h4-10H,11-12H2,1-3H3. The first-order chi connectivity index (χ1) is 12.5. The fourth-order valence-corrected chi connectivity index (χ4v) is 3.51. The molecule has 6 heteroatoms. The minimum atomic E-state index is 0.0200. The number of fused-ring (bicyclic) bond motifs is 1. The van der Waals surface area contributed by atoms with Crippen LogP contribution in [0.3, 0.4) is 0 Å². The molecule has 5 nitrogen and oxygen atoms in total. The van der Waals surface area contributed by atoms with Gasteiger partial charge in [0.1, 0.15) is 11.6 Å². The molecule has 0 N–H and O–H groups in total. The molecule has 3 aromatic rings. The molecule has 0 unspecified atom stereocenters. The Hall–Kier alpha value is -2.89. The van der Waals surface area contributed by atoms with E-state index in [1.807, 2.05) is 49.0 Å². The highest BCUT2D eigenvalue weighted by Crippen LogP contribution is 2.32. The maximum Gasteiger partial charge on any atom is 0.267 e. The lowest BCUT2D eigenvalue weighted by molar-refractivity contribution is -0.116. The Balaban J connectivity index is 1.71. The Bertz CT molecular complexity index is 968. The maximum atomic E-state index is 12.7. The minimum Gasteiger partial charge on any atom is -0.458 e. The number of aryl methyl sites for hydroxylation is 2. The summed E-state index contributed by atoms with van der Waals surface area (Å²) >= 11 is 0. The first kappa shape index (κ1) is 16.6. The van der Waals surface area contributed by atoms with Crippen molar-refractivity contribution in [1.82, 2.24) is 9.97 Å². The molecule has 0 aliphatic carbocycles. The fraction of sp³-hybridized carbons (Fsp3) is 0.250. The van der Waals surface area contributed by atoms with Gasteiger partial charge in [-0.05, 0) is 32.3 Å². The average Bonchev–Trinajstić information content (AvgIpc) is 3.19. The molecule has 3 heterocycles. The van der Waals surface area contributed by atoms with Crippen LogP contribution >= 0.6 is 0 Å². The third-order valence-electron chi connectivity index (χ3n) is 4.79. The number of carbonyl (C=O) groups is 1. The number of hydrogen-bond acceptors (Lipinski definition) is 4. The second-order valence-corrected chi connectivity index (χ2v) is 6.82. The molecule has 1 aromatic carbocycles. The minimum absolute atomic E-state index is 0.0200. The van der Waals surface area contributed by atoms with Crippen LogP contribution in [0.25, 0.3) is 11.6 Å². The number of carbonyl (C=O) groups excluding carboxylic acids is 1. The number of rotatable bonds is 4. The predicted octanol–water partition coefficient (Wildman–Crippen LogP) is 3.65. The summed E-state index contributed by atoms with van der Waals surface area (Å²) in [5.74, 6) is 2.76. The van der Waals surface area contributed by atoms with Gasteiger partial charge in [0.25, 0.3) is 6.85 Å². The van der Waals surface area contributed by atoms with Crippen molar-refractivity contribution < 1.29 is 9.21 Å². The van der Waals surface area contributed by atoms with Crippen molar-refractivity contribution in [3.63, 3.8) is 0 Å². The third-order valence-corrected chi connectivity index (χ3v) is 4.79. The molecule has 26 heavy (non-hydrogen) atoms. The molecule has 2 aromatic heterocycles. The first-order valence-corrected chi connectivity index (χ1v) is 8.83. The van der Waals surface area contributed by atoms with Crippen LogP contribution in [0.1, 0.15) is 22.6 Å². The quantitative estimate of drug-likeness (QED) is 0.678. The fourth-order valence-electron chi connectivity index (χ4n) is 3.51. The monoisotopic (exact) mass is 345 g/mol. The van der Waals surface area contributed by atoms with Crippen LogP contribution < -0.4 is 4.81 Å². The largest absolute Gasteiger partial charge is 0.458 e. The van der Waals surface area contributed by atoms with Gasteiger partial charge in [-0.25, -0.2) is 9.97 Å². The van der Waals surface area contributed by atoms with E-state index in [9.17, 15) is 4.79 Å². The second-order valence-electron chi connectivity index (χ2n) is 6.82. The summed E-state index contributed by atoms with van der Waals surface area (Å²) in [7, 11) is 0. The zero-order valence-electron chi connectivity index (χ0n) is 15.2. The molecule has 0 fully saturated rings. The number of amides is 1. The van der Waals surface area contributed by atoms with E-state index in [1.165, 1.54) is 5.56 Å². The van der Waals surface area contributed by atoms with Gasteiger partial charge in [0.05, 0.1) is 6.42 Å². The van der Waals surface area contributed by atoms with Crippen LogP contribution in [-0.4, -0.2) is 22.7 Å². The molecule has 0 radical (unpaired) electrons. The molecule has 130 valence electrons. The highest BCUT2D eigenvalue weighted by Gasteiger charge is 2.36. The molecule has 1 amide bonds. The topological polar surface area (TPSA) is 59.2 Å². The van der Waals surface area contributed by atoms with Crippen molar-refractivity contribution in [3.8, 4) is 11.6 Å². The second kappa shape index (κ2) is 6.44. The van der Waals surface area contributed by atoms with Gasteiger partial charge in [-0.1, -0.05) is 42.7 Å². The van der Waals surface area contributed by atoms with Crippen LogP contribution in [0, 0.1) is 13.8 Å². The summed E-state index contributed by atoms with van der Waals surface area (Å²) < 4.78 is 5.67. The summed E-state index contributed by atoms with van der Waals surface area (Å²) in [5, 5.41) is 0. The Kier molecular flexibility index (Phi) is 4.11. The molecule has 0 spiro atoms. The van der Waals surface area contributed by atoms with Gasteiger partial charge in [0, 0.05) is 11.3 Å². The highest BCUT2D eigenvalue weighted by atomic mass is 16.3. The summed E-state index contributed by atoms with van der Waals surface area (Å²) in [6.45, 7) is 5.90. The zero-order valence-corrected chi connectivity index (χ0v) is 15.2. The van der Waals surface area contributed by atoms with E-state index in [4.69, 9.17) is 9.40 Å². The molecule has 1 aliphatic rings. The van der Waals surface area contributed by atoms with Gasteiger partial charge in [-0.3, -0.25) is 4.79 Å². The van der Waals surface area contributed by atoms with E-state index in [0.717, 1.165) is 29.2 Å².